The van der Waals surface area contributed by atoms with Crippen LogP contribution in [0.1, 0.15) is 74.9 Å². The molecule has 12 rings (SSSR count). The summed E-state index contributed by atoms with van der Waals surface area (Å²) in [6, 6.07) is 61.6. The van der Waals surface area contributed by atoms with Gasteiger partial charge in [-0.1, -0.05) is 163 Å². The molecule has 4 nitrogen and oxygen atoms in total. The van der Waals surface area contributed by atoms with E-state index < -0.39 is 5.41 Å². The van der Waals surface area contributed by atoms with Crippen molar-refractivity contribution in [2.75, 3.05) is 4.90 Å². The van der Waals surface area contributed by atoms with Crippen molar-refractivity contribution < 1.29 is 14.2 Å². The Labute approximate surface area is 364 Å². The number of benzene rings is 8. The Hall–Kier alpha value is -6.98. The quantitative estimate of drug-likeness (QED) is 0.167. The van der Waals surface area contributed by atoms with Crippen LogP contribution in [-0.2, 0) is 16.2 Å². The van der Waals surface area contributed by atoms with Crippen LogP contribution in [0.3, 0.4) is 0 Å². The van der Waals surface area contributed by atoms with Crippen LogP contribution < -0.4 is 35.5 Å². The van der Waals surface area contributed by atoms with E-state index >= 15 is 0 Å². The molecule has 8 aromatic rings. The van der Waals surface area contributed by atoms with E-state index in [2.05, 4.69) is 210 Å². The minimum atomic E-state index is -0.554. The molecule has 1 aliphatic carbocycles. The number of hydrogen-bond acceptors (Lipinski definition) is 4. The summed E-state index contributed by atoms with van der Waals surface area (Å²) >= 11 is 0. The van der Waals surface area contributed by atoms with Crippen molar-refractivity contribution in [1.29, 1.82) is 0 Å². The van der Waals surface area contributed by atoms with Gasteiger partial charge in [0.2, 0.25) is 0 Å². The fourth-order valence-electron chi connectivity index (χ4n) is 10.5. The highest BCUT2D eigenvalue weighted by Crippen LogP contribution is 2.59. The van der Waals surface area contributed by atoms with E-state index in [0.29, 0.717) is 0 Å². The Bertz CT molecular complexity index is 3020. The van der Waals surface area contributed by atoms with Crippen LogP contribution in [0.2, 0.25) is 0 Å². The normalized spacial score (nSPS) is 14.7. The number of para-hydroxylation sites is 2. The molecule has 0 amide bonds. The van der Waals surface area contributed by atoms with Crippen molar-refractivity contribution in [2.24, 2.45) is 0 Å². The zero-order valence-electron chi connectivity index (χ0n) is 35.9. The van der Waals surface area contributed by atoms with E-state index in [1.165, 1.54) is 49.9 Å². The Morgan fingerprint density at radius 2 is 0.935 bits per heavy atom. The highest BCUT2D eigenvalue weighted by molar-refractivity contribution is 6.98. The average molecular weight is 804 g/mol. The third kappa shape index (κ3) is 5.27. The largest absolute Gasteiger partial charge is 0.458 e. The van der Waals surface area contributed by atoms with Crippen molar-refractivity contribution >= 4 is 40.2 Å². The highest BCUT2D eigenvalue weighted by atomic mass is 16.5. The second-order valence-corrected chi connectivity index (χ2v) is 19.3. The lowest BCUT2D eigenvalue weighted by atomic mass is 9.34. The van der Waals surface area contributed by atoms with Gasteiger partial charge in [0.05, 0.1) is 22.5 Å². The predicted octanol–water partition coefficient (Wildman–Crippen LogP) is 12.9. The smallest absolute Gasteiger partial charge is 0.260 e. The van der Waals surface area contributed by atoms with Gasteiger partial charge >= 0.3 is 0 Å². The summed E-state index contributed by atoms with van der Waals surface area (Å²) < 4.78 is 20.9. The van der Waals surface area contributed by atoms with Crippen molar-refractivity contribution in [2.45, 2.75) is 57.8 Å². The molecule has 0 saturated carbocycles. The summed E-state index contributed by atoms with van der Waals surface area (Å²) in [5.41, 5.74) is 15.6. The van der Waals surface area contributed by atoms with Crippen LogP contribution in [0.5, 0.6) is 34.5 Å². The number of rotatable bonds is 3. The summed E-state index contributed by atoms with van der Waals surface area (Å²) in [5.74, 6) is 4.92. The molecule has 3 heterocycles. The SMILES string of the molecule is CC(C)(C)c1ccc2c(c1)B1c3cc(C(C)(C)C)ccc3Oc3cc(N4c5ccccc5Oc5cc(C6(c7ccccc7)c7ccccc7-c7ccccc76)ccc54)cc(c31)O2. The molecule has 0 spiro atoms. The maximum atomic E-state index is 6.99. The van der Waals surface area contributed by atoms with Crippen LogP contribution in [0.25, 0.3) is 11.1 Å². The Balaban J connectivity index is 1.06. The van der Waals surface area contributed by atoms with Gasteiger partial charge in [0, 0.05) is 17.6 Å². The van der Waals surface area contributed by atoms with Crippen LogP contribution in [0.4, 0.5) is 17.1 Å². The van der Waals surface area contributed by atoms with Gasteiger partial charge in [-0.3, -0.25) is 0 Å². The summed E-state index contributed by atoms with van der Waals surface area (Å²) in [6.07, 6.45) is 0. The molecule has 0 bridgehead atoms. The lowest BCUT2D eigenvalue weighted by Crippen LogP contribution is -2.57. The molecular formula is C57H46BNO3. The average Bonchev–Trinajstić information content (AvgIpc) is 3.58. The first-order valence-electron chi connectivity index (χ1n) is 21.8. The summed E-state index contributed by atoms with van der Waals surface area (Å²) in [4.78, 5) is 2.30. The Morgan fingerprint density at radius 1 is 0.419 bits per heavy atom. The molecule has 5 heteroatoms. The molecule has 0 saturated heterocycles. The predicted molar refractivity (Wildman–Crippen MR) is 254 cm³/mol. The molecule has 300 valence electrons. The molecule has 0 radical (unpaired) electrons. The summed E-state index contributed by atoms with van der Waals surface area (Å²) in [7, 11) is 0. The van der Waals surface area contributed by atoms with E-state index in [-0.39, 0.29) is 17.5 Å². The molecule has 0 atom stereocenters. The van der Waals surface area contributed by atoms with Crippen LogP contribution in [0, 0.1) is 0 Å². The highest BCUT2D eigenvalue weighted by Gasteiger charge is 2.47. The molecule has 8 aromatic carbocycles. The van der Waals surface area contributed by atoms with Gasteiger partial charge in [0.25, 0.3) is 6.71 Å². The fraction of sp³-hybridized carbons (Fsp3) is 0.158. The number of anilines is 3. The summed E-state index contributed by atoms with van der Waals surface area (Å²) in [6.45, 7) is 13.6. The molecule has 0 unspecified atom stereocenters. The standard InChI is InChI=1S/C57H46BNO3/c1-55(2,3)36-25-28-48-44(30-36)58-45-31-37(56(4,5)6)26-29-49(45)61-53-34-39(33-52(60-48)54(53)58)59-46-22-14-15-23-50(46)62-51-32-38(24-27-47(51)59)57(35-16-8-7-9-17-35)42-20-12-10-18-40(42)41-19-11-13-21-43(41)57/h7-34H,1-6H3. The van der Waals surface area contributed by atoms with E-state index in [1.54, 1.807) is 0 Å². The molecular weight excluding hydrogens is 757 g/mol. The number of ether oxygens (including phenoxy) is 3. The van der Waals surface area contributed by atoms with Crippen molar-refractivity contribution in [3.8, 4) is 45.6 Å². The number of nitrogens with zero attached hydrogens (tertiary/aromatic N) is 1. The molecule has 3 aliphatic heterocycles. The fourth-order valence-corrected chi connectivity index (χ4v) is 10.5. The first kappa shape index (κ1) is 36.8. The van der Waals surface area contributed by atoms with Crippen LogP contribution >= 0.6 is 0 Å². The van der Waals surface area contributed by atoms with Gasteiger partial charge in [-0.25, -0.2) is 0 Å². The van der Waals surface area contributed by atoms with Gasteiger partial charge in [-0.2, -0.15) is 0 Å². The van der Waals surface area contributed by atoms with E-state index in [4.69, 9.17) is 14.2 Å². The molecule has 4 aliphatic rings. The molecule has 62 heavy (non-hydrogen) atoms. The van der Waals surface area contributed by atoms with Gasteiger partial charge in [0.15, 0.2) is 11.5 Å². The lowest BCUT2D eigenvalue weighted by Gasteiger charge is -2.38. The first-order valence-corrected chi connectivity index (χ1v) is 21.8. The topological polar surface area (TPSA) is 30.9 Å². The second-order valence-electron chi connectivity index (χ2n) is 19.3. The maximum Gasteiger partial charge on any atom is 0.260 e. The first-order chi connectivity index (χ1) is 30.0. The lowest BCUT2D eigenvalue weighted by molar-refractivity contribution is 0.462. The summed E-state index contributed by atoms with van der Waals surface area (Å²) in [5, 5.41) is 0. The van der Waals surface area contributed by atoms with Crippen molar-refractivity contribution in [3.63, 3.8) is 0 Å². The maximum absolute atomic E-state index is 6.99. The Morgan fingerprint density at radius 3 is 1.53 bits per heavy atom. The second kappa shape index (κ2) is 13.0. The number of hydrogen-bond donors (Lipinski definition) is 0. The minimum absolute atomic E-state index is 0.0223. The van der Waals surface area contributed by atoms with E-state index in [0.717, 1.165) is 62.6 Å². The van der Waals surface area contributed by atoms with E-state index in [9.17, 15) is 0 Å². The Kier molecular flexibility index (Phi) is 7.73. The van der Waals surface area contributed by atoms with Crippen molar-refractivity contribution in [3.05, 3.63) is 203 Å². The van der Waals surface area contributed by atoms with Gasteiger partial charge < -0.3 is 19.1 Å². The zero-order valence-corrected chi connectivity index (χ0v) is 35.9. The van der Waals surface area contributed by atoms with E-state index in [1.807, 2.05) is 6.07 Å². The van der Waals surface area contributed by atoms with Crippen molar-refractivity contribution in [1.82, 2.24) is 0 Å². The molecule has 0 N–H and O–H groups in total. The monoisotopic (exact) mass is 803 g/mol. The molecule has 0 aromatic heterocycles. The molecule has 0 fully saturated rings. The van der Waals surface area contributed by atoms with Gasteiger partial charge in [-0.05, 0) is 103 Å². The minimum Gasteiger partial charge on any atom is -0.458 e. The van der Waals surface area contributed by atoms with Gasteiger partial charge in [0.1, 0.15) is 23.0 Å². The third-order valence-electron chi connectivity index (χ3n) is 13.6. The van der Waals surface area contributed by atoms with Gasteiger partial charge in [-0.15, -0.1) is 0 Å². The van der Waals surface area contributed by atoms with Crippen LogP contribution in [0.15, 0.2) is 170 Å². The zero-order chi connectivity index (χ0) is 42.1. The van der Waals surface area contributed by atoms with Crippen LogP contribution in [-0.4, -0.2) is 6.71 Å². The third-order valence-corrected chi connectivity index (χ3v) is 13.6. The number of fused-ring (bicyclic) bond motifs is 9.